The molecule has 0 aliphatic heterocycles. The van der Waals surface area contributed by atoms with E-state index in [1.165, 1.54) is 0 Å². The molecule has 0 aromatic heterocycles. The van der Waals surface area contributed by atoms with Crippen molar-refractivity contribution in [1.82, 2.24) is 0 Å². The Morgan fingerprint density at radius 3 is 2.33 bits per heavy atom. The van der Waals surface area contributed by atoms with Crippen LogP contribution in [0.25, 0.3) is 5.57 Å². The van der Waals surface area contributed by atoms with E-state index in [4.69, 9.17) is 27.4 Å². The topological polar surface area (TPSA) is 92.8 Å². The number of carbonyl (C=O) groups is 2. The van der Waals surface area contributed by atoms with E-state index in [9.17, 15) is 9.59 Å². The van der Waals surface area contributed by atoms with Gasteiger partial charge in [-0.05, 0) is 97.9 Å². The van der Waals surface area contributed by atoms with Crippen molar-refractivity contribution in [2.24, 2.45) is 16.6 Å². The highest BCUT2D eigenvalue weighted by atomic mass is 35.5. The first kappa shape index (κ1) is 31.1. The summed E-state index contributed by atoms with van der Waals surface area (Å²) in [6, 6.07) is 13.5. The first-order valence-electron chi connectivity index (χ1n) is 14.0. The summed E-state index contributed by atoms with van der Waals surface area (Å²) < 4.78 is 0. The average molecular weight is 561 g/mol. The molecule has 0 saturated heterocycles. The van der Waals surface area contributed by atoms with Gasteiger partial charge in [0.05, 0.1) is 5.41 Å². The number of carbonyl (C=O) groups excluding carboxylic acids is 1. The van der Waals surface area contributed by atoms with Crippen molar-refractivity contribution >= 4 is 34.6 Å². The molecule has 1 atom stereocenters. The SMILES string of the molecule is C=C(C(C)=N/C(N)=C(\C(C)=C\CC)C(C(=O)CC)(c1ccc(CCC(=O)O)cc1)C1CC1)c1ccc(Cl)cc1C. The van der Waals surface area contributed by atoms with Crippen LogP contribution in [-0.2, 0) is 21.4 Å². The largest absolute Gasteiger partial charge is 0.481 e. The quantitative estimate of drug-likeness (QED) is 0.192. The van der Waals surface area contributed by atoms with Crippen molar-refractivity contribution in [2.45, 2.75) is 78.6 Å². The second-order valence-corrected chi connectivity index (χ2v) is 11.1. The van der Waals surface area contributed by atoms with Crippen molar-refractivity contribution < 1.29 is 14.7 Å². The van der Waals surface area contributed by atoms with Crippen LogP contribution in [0.1, 0.15) is 82.1 Å². The summed E-state index contributed by atoms with van der Waals surface area (Å²) in [6.45, 7) is 14.1. The number of aryl methyl sites for hydroxylation is 2. The first-order valence-corrected chi connectivity index (χ1v) is 14.4. The zero-order chi connectivity index (χ0) is 29.6. The lowest BCUT2D eigenvalue weighted by atomic mass is 9.64. The Bertz CT molecular complexity index is 1380. The van der Waals surface area contributed by atoms with Crippen LogP contribution < -0.4 is 5.73 Å². The summed E-state index contributed by atoms with van der Waals surface area (Å²) in [6.07, 6.45) is 5.58. The lowest BCUT2D eigenvalue weighted by Gasteiger charge is -2.37. The van der Waals surface area contributed by atoms with Gasteiger partial charge in [-0.3, -0.25) is 9.59 Å². The van der Waals surface area contributed by atoms with Gasteiger partial charge in [-0.1, -0.05) is 68.4 Å². The van der Waals surface area contributed by atoms with Gasteiger partial charge < -0.3 is 10.8 Å². The van der Waals surface area contributed by atoms with E-state index in [-0.39, 0.29) is 18.1 Å². The molecule has 1 saturated carbocycles. The molecule has 0 spiro atoms. The predicted molar refractivity (Wildman–Crippen MR) is 166 cm³/mol. The number of allylic oxidation sites excluding steroid dienone is 4. The number of rotatable bonds is 13. The summed E-state index contributed by atoms with van der Waals surface area (Å²) in [7, 11) is 0. The Morgan fingerprint density at radius 1 is 1.15 bits per heavy atom. The fraction of sp³-hybridized carbons (Fsp3) is 0.382. The molecule has 3 rings (SSSR count). The fourth-order valence-corrected chi connectivity index (χ4v) is 5.91. The smallest absolute Gasteiger partial charge is 0.303 e. The van der Waals surface area contributed by atoms with Crippen molar-refractivity contribution in [3.8, 4) is 0 Å². The number of aliphatic imine (C=N–C) groups is 1. The Kier molecular flexibility index (Phi) is 10.3. The summed E-state index contributed by atoms with van der Waals surface area (Å²) in [5, 5.41) is 9.76. The van der Waals surface area contributed by atoms with Crippen molar-refractivity contribution in [3.05, 3.63) is 99.4 Å². The molecule has 2 aromatic carbocycles. The molecule has 5 nitrogen and oxygen atoms in total. The number of carboxylic acid groups (broad SMARTS) is 1. The van der Waals surface area contributed by atoms with Gasteiger partial charge in [0.2, 0.25) is 0 Å². The van der Waals surface area contributed by atoms with E-state index in [2.05, 4.69) is 19.6 Å². The minimum Gasteiger partial charge on any atom is -0.481 e. The second-order valence-electron chi connectivity index (χ2n) is 10.6. The molecule has 0 bridgehead atoms. The number of carboxylic acids is 1. The second kappa shape index (κ2) is 13.3. The predicted octanol–water partition coefficient (Wildman–Crippen LogP) is 7.99. The molecule has 0 amide bonds. The van der Waals surface area contributed by atoms with Gasteiger partial charge in [0.25, 0.3) is 0 Å². The van der Waals surface area contributed by atoms with Crippen LogP contribution in [0.5, 0.6) is 0 Å². The minimum atomic E-state index is -0.943. The highest BCUT2D eigenvalue weighted by Crippen LogP contribution is 2.55. The molecule has 0 radical (unpaired) electrons. The Balaban J connectivity index is 2.24. The summed E-state index contributed by atoms with van der Waals surface area (Å²) >= 11 is 6.17. The number of hydrogen-bond donors (Lipinski definition) is 2. The van der Waals surface area contributed by atoms with E-state index in [1.54, 1.807) is 0 Å². The maximum Gasteiger partial charge on any atom is 0.303 e. The van der Waals surface area contributed by atoms with Gasteiger partial charge in [0, 0.05) is 29.1 Å². The molecule has 1 fully saturated rings. The van der Waals surface area contributed by atoms with Gasteiger partial charge in [-0.15, -0.1) is 0 Å². The molecule has 0 heterocycles. The number of nitrogens with zero attached hydrogens (tertiary/aromatic N) is 1. The maximum atomic E-state index is 14.1. The normalized spacial score (nSPS) is 16.2. The van der Waals surface area contributed by atoms with Crippen LogP contribution in [-0.4, -0.2) is 22.6 Å². The number of Topliss-reactive ketones (excluding diaryl/α,β-unsaturated/α-hetero) is 1. The molecule has 1 aliphatic rings. The van der Waals surface area contributed by atoms with Crippen LogP contribution in [0.3, 0.4) is 0 Å². The fourth-order valence-electron chi connectivity index (χ4n) is 5.68. The van der Waals surface area contributed by atoms with Crippen LogP contribution in [0.2, 0.25) is 5.02 Å². The third kappa shape index (κ3) is 6.64. The Hall–Kier alpha value is -3.44. The van der Waals surface area contributed by atoms with Crippen molar-refractivity contribution in [1.29, 1.82) is 0 Å². The standard InChI is InChI=1S/C34H41ClN2O3/c1-7-9-21(3)32(33(36)37-24(6)23(5)29-18-17-28(35)20-22(29)4)34(27-15-16-27,30(38)8-2)26-13-10-25(11-14-26)12-19-31(39)40/h9-11,13-14,17-18,20,27H,5,7-8,12,15-16,19,36H2,1-4,6H3,(H,39,40)/b21-9+,33-32+,37-24?. The molecule has 6 heteroatoms. The zero-order valence-electron chi connectivity index (χ0n) is 24.3. The summed E-state index contributed by atoms with van der Waals surface area (Å²) in [5.74, 6) is -0.304. The lowest BCUT2D eigenvalue weighted by molar-refractivity contribution is -0.137. The van der Waals surface area contributed by atoms with Crippen molar-refractivity contribution in [2.75, 3.05) is 0 Å². The van der Waals surface area contributed by atoms with Crippen LogP contribution >= 0.6 is 11.6 Å². The number of ketones is 1. The van der Waals surface area contributed by atoms with Gasteiger partial charge in [-0.2, -0.15) is 0 Å². The number of nitrogens with two attached hydrogens (primary N) is 1. The molecule has 2 aromatic rings. The van der Waals surface area contributed by atoms with E-state index >= 15 is 0 Å². The molecule has 212 valence electrons. The number of hydrogen-bond acceptors (Lipinski definition) is 4. The molecule has 1 aliphatic carbocycles. The van der Waals surface area contributed by atoms with Gasteiger partial charge >= 0.3 is 5.97 Å². The Labute approximate surface area is 243 Å². The monoisotopic (exact) mass is 560 g/mol. The summed E-state index contributed by atoms with van der Waals surface area (Å²) in [5.41, 5.74) is 12.8. The van der Waals surface area contributed by atoms with E-state index in [1.807, 2.05) is 70.2 Å². The molecule has 1 unspecified atom stereocenters. The molecule has 40 heavy (non-hydrogen) atoms. The van der Waals surface area contributed by atoms with E-state index in [0.717, 1.165) is 58.2 Å². The van der Waals surface area contributed by atoms with Crippen molar-refractivity contribution in [3.63, 3.8) is 0 Å². The minimum absolute atomic E-state index is 0.0580. The maximum absolute atomic E-state index is 14.1. The zero-order valence-corrected chi connectivity index (χ0v) is 25.1. The number of benzene rings is 2. The average Bonchev–Trinajstić information content (AvgIpc) is 3.76. The van der Waals surface area contributed by atoms with E-state index in [0.29, 0.717) is 29.4 Å². The highest BCUT2D eigenvalue weighted by Gasteiger charge is 2.54. The molecular weight excluding hydrogens is 520 g/mol. The molecule has 3 N–H and O–H groups in total. The van der Waals surface area contributed by atoms with Crippen LogP contribution in [0.4, 0.5) is 0 Å². The van der Waals surface area contributed by atoms with Crippen LogP contribution in [0.15, 0.2) is 77.1 Å². The number of aliphatic carboxylic acids is 1. The van der Waals surface area contributed by atoms with Gasteiger partial charge in [0.15, 0.2) is 0 Å². The highest BCUT2D eigenvalue weighted by molar-refractivity contribution is 6.31. The Morgan fingerprint density at radius 2 is 1.80 bits per heavy atom. The third-order valence-corrected chi connectivity index (χ3v) is 8.02. The number of halogens is 1. The van der Waals surface area contributed by atoms with Gasteiger partial charge in [-0.25, -0.2) is 4.99 Å². The lowest BCUT2D eigenvalue weighted by Crippen LogP contribution is -2.42. The van der Waals surface area contributed by atoms with Crippen LogP contribution in [0, 0.1) is 12.8 Å². The third-order valence-electron chi connectivity index (χ3n) is 7.78. The summed E-state index contributed by atoms with van der Waals surface area (Å²) in [4.78, 5) is 30.1. The van der Waals surface area contributed by atoms with E-state index < -0.39 is 11.4 Å². The van der Waals surface area contributed by atoms with Gasteiger partial charge in [0.1, 0.15) is 11.6 Å². The first-order chi connectivity index (χ1) is 19.0. The molecular formula is C34H41ClN2O3.